The van der Waals surface area contributed by atoms with Crippen LogP contribution in [0.15, 0.2) is 77.2 Å². The van der Waals surface area contributed by atoms with Crippen LogP contribution >= 0.6 is 11.3 Å². The SMILES string of the molecule is CCOc1ccc2ccccc2c1C=NNc1nc(-c2ccccc2)cs1. The maximum Gasteiger partial charge on any atom is 0.203 e. The predicted molar refractivity (Wildman–Crippen MR) is 114 cm³/mol. The van der Waals surface area contributed by atoms with Crippen LogP contribution in [0.4, 0.5) is 5.13 Å². The summed E-state index contributed by atoms with van der Waals surface area (Å²) in [6, 6.07) is 22.4. The molecule has 0 saturated heterocycles. The van der Waals surface area contributed by atoms with Crippen molar-refractivity contribution >= 4 is 33.5 Å². The van der Waals surface area contributed by atoms with E-state index in [0.29, 0.717) is 6.61 Å². The van der Waals surface area contributed by atoms with E-state index in [4.69, 9.17) is 4.74 Å². The Bertz CT molecular complexity index is 1070. The molecule has 0 bridgehead atoms. The molecule has 0 atom stereocenters. The number of fused-ring (bicyclic) bond motifs is 1. The second-order valence-electron chi connectivity index (χ2n) is 5.91. The second kappa shape index (κ2) is 8.01. The molecule has 1 N–H and O–H groups in total. The first-order valence-corrected chi connectivity index (χ1v) is 9.67. The van der Waals surface area contributed by atoms with Gasteiger partial charge in [0.2, 0.25) is 5.13 Å². The molecule has 0 radical (unpaired) electrons. The molecule has 4 rings (SSSR count). The number of rotatable bonds is 6. The highest BCUT2D eigenvalue weighted by atomic mass is 32.1. The Labute approximate surface area is 162 Å². The van der Waals surface area contributed by atoms with Crippen molar-refractivity contribution in [2.24, 2.45) is 5.10 Å². The van der Waals surface area contributed by atoms with Gasteiger partial charge in [0.05, 0.1) is 18.5 Å². The highest BCUT2D eigenvalue weighted by Crippen LogP contribution is 2.27. The first-order valence-electron chi connectivity index (χ1n) is 8.79. The Balaban J connectivity index is 1.58. The molecule has 0 amide bonds. The van der Waals surface area contributed by atoms with Crippen molar-refractivity contribution in [3.63, 3.8) is 0 Å². The average Bonchev–Trinajstić information content (AvgIpc) is 3.19. The fourth-order valence-corrected chi connectivity index (χ4v) is 3.58. The molecule has 134 valence electrons. The van der Waals surface area contributed by atoms with Gasteiger partial charge in [-0.25, -0.2) is 4.98 Å². The Hall–Kier alpha value is -3.18. The lowest BCUT2D eigenvalue weighted by Crippen LogP contribution is -1.98. The van der Waals surface area contributed by atoms with Crippen molar-refractivity contribution in [2.45, 2.75) is 6.92 Å². The van der Waals surface area contributed by atoms with E-state index in [-0.39, 0.29) is 0 Å². The van der Waals surface area contributed by atoms with Crippen LogP contribution in [0.25, 0.3) is 22.0 Å². The zero-order chi connectivity index (χ0) is 18.5. The largest absolute Gasteiger partial charge is 0.493 e. The van der Waals surface area contributed by atoms with Crippen LogP contribution in [0.1, 0.15) is 12.5 Å². The average molecular weight is 373 g/mol. The fourth-order valence-electron chi connectivity index (χ4n) is 2.91. The highest BCUT2D eigenvalue weighted by Gasteiger charge is 2.07. The molecule has 0 aliphatic rings. The van der Waals surface area contributed by atoms with Gasteiger partial charge < -0.3 is 4.74 Å². The van der Waals surface area contributed by atoms with Crippen molar-refractivity contribution in [1.82, 2.24) is 4.98 Å². The summed E-state index contributed by atoms with van der Waals surface area (Å²) in [4.78, 5) is 4.60. The highest BCUT2D eigenvalue weighted by molar-refractivity contribution is 7.14. The molecule has 27 heavy (non-hydrogen) atoms. The third-order valence-electron chi connectivity index (χ3n) is 4.16. The van der Waals surface area contributed by atoms with Gasteiger partial charge in [0.1, 0.15) is 5.75 Å². The van der Waals surface area contributed by atoms with E-state index in [0.717, 1.165) is 38.5 Å². The molecule has 0 unspecified atom stereocenters. The van der Waals surface area contributed by atoms with Crippen molar-refractivity contribution < 1.29 is 4.74 Å². The standard InChI is InChI=1S/C22H19N3OS/c1-2-26-21-13-12-16-8-6-7-11-18(16)19(21)14-23-25-22-24-20(15-27-22)17-9-4-3-5-10-17/h3-15H,2H2,1H3,(H,24,25). The van der Waals surface area contributed by atoms with E-state index >= 15 is 0 Å². The third-order valence-corrected chi connectivity index (χ3v) is 4.91. The van der Waals surface area contributed by atoms with E-state index < -0.39 is 0 Å². The number of aromatic nitrogens is 1. The molecular formula is C22H19N3OS. The molecule has 4 aromatic rings. The third kappa shape index (κ3) is 3.83. The minimum atomic E-state index is 0.611. The van der Waals surface area contributed by atoms with E-state index in [1.165, 1.54) is 11.3 Å². The number of ether oxygens (including phenoxy) is 1. The number of hydrogen-bond acceptors (Lipinski definition) is 5. The number of hydrogen-bond donors (Lipinski definition) is 1. The Morgan fingerprint density at radius 1 is 1.04 bits per heavy atom. The Kier molecular flexibility index (Phi) is 5.12. The summed E-state index contributed by atoms with van der Waals surface area (Å²) in [6.45, 7) is 2.59. The summed E-state index contributed by atoms with van der Waals surface area (Å²) in [5.74, 6) is 0.825. The maximum atomic E-state index is 5.78. The van der Waals surface area contributed by atoms with Gasteiger partial charge >= 0.3 is 0 Å². The summed E-state index contributed by atoms with van der Waals surface area (Å²) < 4.78 is 5.78. The quantitative estimate of drug-likeness (QED) is 0.343. The summed E-state index contributed by atoms with van der Waals surface area (Å²) in [7, 11) is 0. The molecule has 0 aliphatic heterocycles. The lowest BCUT2D eigenvalue weighted by Gasteiger charge is -2.10. The zero-order valence-electron chi connectivity index (χ0n) is 14.9. The van der Waals surface area contributed by atoms with Crippen LogP contribution < -0.4 is 10.2 Å². The van der Waals surface area contributed by atoms with E-state index in [2.05, 4.69) is 33.7 Å². The van der Waals surface area contributed by atoms with Crippen molar-refractivity contribution in [3.05, 3.63) is 77.7 Å². The zero-order valence-corrected chi connectivity index (χ0v) is 15.7. The first kappa shape index (κ1) is 17.2. The van der Waals surface area contributed by atoms with Crippen LogP contribution in [0, 0.1) is 0 Å². The van der Waals surface area contributed by atoms with Crippen molar-refractivity contribution in [3.8, 4) is 17.0 Å². The van der Waals surface area contributed by atoms with Crippen LogP contribution in [-0.2, 0) is 0 Å². The van der Waals surface area contributed by atoms with Crippen LogP contribution in [0.3, 0.4) is 0 Å². The summed E-state index contributed by atoms with van der Waals surface area (Å²) in [5, 5.41) is 9.45. The molecule has 0 fully saturated rings. The monoisotopic (exact) mass is 373 g/mol. The molecule has 3 aromatic carbocycles. The fraction of sp³-hybridized carbons (Fsp3) is 0.0909. The van der Waals surface area contributed by atoms with Crippen LogP contribution in [-0.4, -0.2) is 17.8 Å². The topological polar surface area (TPSA) is 46.5 Å². The van der Waals surface area contributed by atoms with Crippen molar-refractivity contribution in [1.29, 1.82) is 0 Å². The van der Waals surface area contributed by atoms with Crippen LogP contribution in [0.2, 0.25) is 0 Å². The number of hydrazone groups is 1. The normalized spacial score (nSPS) is 11.1. The van der Waals surface area contributed by atoms with Crippen molar-refractivity contribution in [2.75, 3.05) is 12.0 Å². The minimum absolute atomic E-state index is 0.611. The molecule has 1 heterocycles. The van der Waals surface area contributed by atoms with E-state index in [9.17, 15) is 0 Å². The van der Waals surface area contributed by atoms with Gasteiger partial charge in [-0.2, -0.15) is 5.10 Å². The summed E-state index contributed by atoms with van der Waals surface area (Å²) in [5.41, 5.74) is 6.04. The van der Waals surface area contributed by atoms with Gasteiger partial charge in [0.25, 0.3) is 0 Å². The minimum Gasteiger partial charge on any atom is -0.493 e. The van der Waals surface area contributed by atoms with Crippen LogP contribution in [0.5, 0.6) is 5.75 Å². The first-order chi connectivity index (χ1) is 13.3. The molecule has 0 spiro atoms. The predicted octanol–water partition coefficient (Wildman–Crippen LogP) is 5.81. The molecule has 4 nitrogen and oxygen atoms in total. The Morgan fingerprint density at radius 2 is 1.85 bits per heavy atom. The van der Waals surface area contributed by atoms with E-state index in [1.54, 1.807) is 6.21 Å². The molecule has 0 aliphatic carbocycles. The number of benzene rings is 3. The lowest BCUT2D eigenvalue weighted by molar-refractivity contribution is 0.340. The maximum absolute atomic E-state index is 5.78. The van der Waals surface area contributed by atoms with Gasteiger partial charge in [0.15, 0.2) is 0 Å². The van der Waals surface area contributed by atoms with Gasteiger partial charge in [-0.15, -0.1) is 11.3 Å². The summed E-state index contributed by atoms with van der Waals surface area (Å²) >= 11 is 1.53. The Morgan fingerprint density at radius 3 is 2.70 bits per heavy atom. The number of nitrogens with one attached hydrogen (secondary N) is 1. The van der Waals surface area contributed by atoms with Gasteiger partial charge in [-0.1, -0.05) is 60.7 Å². The summed E-state index contributed by atoms with van der Waals surface area (Å²) in [6.07, 6.45) is 1.80. The van der Waals surface area contributed by atoms with Gasteiger partial charge in [0, 0.05) is 16.5 Å². The molecule has 1 aromatic heterocycles. The van der Waals surface area contributed by atoms with Gasteiger partial charge in [-0.05, 0) is 23.8 Å². The number of anilines is 1. The molecular weight excluding hydrogens is 354 g/mol. The smallest absolute Gasteiger partial charge is 0.203 e. The van der Waals surface area contributed by atoms with E-state index in [1.807, 2.05) is 60.8 Å². The second-order valence-corrected chi connectivity index (χ2v) is 6.76. The number of thiazole rings is 1. The molecule has 5 heteroatoms. The van der Waals surface area contributed by atoms with Gasteiger partial charge in [-0.3, -0.25) is 5.43 Å². The lowest BCUT2D eigenvalue weighted by atomic mass is 10.0. The molecule has 0 saturated carbocycles. The number of nitrogens with zero attached hydrogens (tertiary/aromatic N) is 2.